The van der Waals surface area contributed by atoms with Crippen LogP contribution in [-0.4, -0.2) is 5.78 Å². The second kappa shape index (κ2) is 10.4. The Hall–Kier alpha value is -3.19. The summed E-state index contributed by atoms with van der Waals surface area (Å²) in [5.74, 6) is 0.988. The van der Waals surface area contributed by atoms with Crippen molar-refractivity contribution in [2.24, 2.45) is 11.8 Å². The Morgan fingerprint density at radius 2 is 1.62 bits per heavy atom. The first kappa shape index (κ1) is 22.6. The third-order valence-corrected chi connectivity index (χ3v) is 7.53. The number of ketones is 1. The Labute approximate surface area is 204 Å². The van der Waals surface area contributed by atoms with E-state index in [1.807, 2.05) is 0 Å². The van der Waals surface area contributed by atoms with Crippen LogP contribution >= 0.6 is 0 Å². The van der Waals surface area contributed by atoms with Gasteiger partial charge in [-0.1, -0.05) is 122 Å². The van der Waals surface area contributed by atoms with Crippen LogP contribution in [-0.2, 0) is 4.79 Å². The highest BCUT2D eigenvalue weighted by Crippen LogP contribution is 2.48. The monoisotopic (exact) mass is 446 g/mol. The molecule has 3 aliphatic carbocycles. The molecule has 0 amide bonds. The summed E-state index contributed by atoms with van der Waals surface area (Å²) in [7, 11) is 0. The van der Waals surface area contributed by atoms with Crippen molar-refractivity contribution in [3.8, 4) is 0 Å². The van der Waals surface area contributed by atoms with Gasteiger partial charge in [0.15, 0.2) is 0 Å². The molecule has 3 unspecified atom stereocenters. The number of hydrogen-bond donors (Lipinski definition) is 0. The average Bonchev–Trinajstić information content (AvgIpc) is 3.64. The summed E-state index contributed by atoms with van der Waals surface area (Å²) in [6, 6.07) is 21.5. The van der Waals surface area contributed by atoms with E-state index in [1.165, 1.54) is 33.4 Å². The van der Waals surface area contributed by atoms with E-state index in [1.54, 1.807) is 0 Å². The van der Waals surface area contributed by atoms with Crippen molar-refractivity contribution < 1.29 is 4.79 Å². The molecule has 0 aliphatic heterocycles. The van der Waals surface area contributed by atoms with Crippen molar-refractivity contribution in [3.63, 3.8) is 0 Å². The fourth-order valence-electron chi connectivity index (χ4n) is 5.70. The summed E-state index contributed by atoms with van der Waals surface area (Å²) < 4.78 is 0. The van der Waals surface area contributed by atoms with Crippen LogP contribution in [0.25, 0.3) is 5.57 Å². The third kappa shape index (κ3) is 4.71. The predicted octanol–water partition coefficient (Wildman–Crippen LogP) is 8.39. The topological polar surface area (TPSA) is 17.1 Å². The summed E-state index contributed by atoms with van der Waals surface area (Å²) in [5, 5.41) is 0. The number of carbonyl (C=O) groups excluding carboxylic acids is 1. The van der Waals surface area contributed by atoms with Crippen molar-refractivity contribution in [2.45, 2.75) is 51.4 Å². The normalized spacial score (nSPS) is 23.5. The van der Waals surface area contributed by atoms with Crippen LogP contribution in [0, 0.1) is 11.8 Å². The zero-order chi connectivity index (χ0) is 23.3. The third-order valence-electron chi connectivity index (χ3n) is 7.53. The lowest BCUT2D eigenvalue weighted by Gasteiger charge is -2.20. The van der Waals surface area contributed by atoms with Crippen molar-refractivity contribution in [3.05, 3.63) is 125 Å². The van der Waals surface area contributed by atoms with Gasteiger partial charge in [0.05, 0.1) is 0 Å². The lowest BCUT2D eigenvalue weighted by Crippen LogP contribution is -2.20. The summed E-state index contributed by atoms with van der Waals surface area (Å²) in [4.78, 5) is 13.4. The maximum Gasteiger partial charge on any atom is 0.140 e. The maximum atomic E-state index is 13.4. The molecular formula is C33H34O. The molecule has 2 aromatic rings. The number of Topliss-reactive ketones (excluding diaryl/α,β-unsaturated/α-hetero) is 1. The lowest BCUT2D eigenvalue weighted by atomic mass is 9.83. The Morgan fingerprint density at radius 3 is 2.32 bits per heavy atom. The summed E-state index contributed by atoms with van der Waals surface area (Å²) in [6.45, 7) is 2.20. The second-order valence-electron chi connectivity index (χ2n) is 9.79. The van der Waals surface area contributed by atoms with Crippen LogP contribution in [0.5, 0.6) is 0 Å². The Kier molecular flexibility index (Phi) is 6.90. The van der Waals surface area contributed by atoms with Crippen molar-refractivity contribution in [1.82, 2.24) is 0 Å². The second-order valence-corrected chi connectivity index (χ2v) is 9.79. The van der Waals surface area contributed by atoms with Gasteiger partial charge in [-0.25, -0.2) is 0 Å². The van der Waals surface area contributed by atoms with Crippen LogP contribution < -0.4 is 0 Å². The van der Waals surface area contributed by atoms with Crippen LogP contribution in [0.3, 0.4) is 0 Å². The summed E-state index contributed by atoms with van der Waals surface area (Å²) in [5.41, 5.74) is 7.96. The molecule has 2 aromatic carbocycles. The largest absolute Gasteiger partial charge is 0.299 e. The summed E-state index contributed by atoms with van der Waals surface area (Å²) in [6.07, 6.45) is 19.7. The fraction of sp³-hybridized carbons (Fsp3) is 0.303. The molecular weight excluding hydrogens is 412 g/mol. The molecule has 3 aliphatic rings. The van der Waals surface area contributed by atoms with E-state index in [-0.39, 0.29) is 11.8 Å². The molecule has 172 valence electrons. The molecule has 0 bridgehead atoms. The standard InChI is InChI=1S/C33H34O/c1-2-3-6-19-33(34)32-23-28(22-30(32)26-17-11-12-18-26)31-21-27(24-13-7-4-8-14-24)20-29(31)25-15-9-5-10-16-25/h4-5,7-17,20-21,23,27,30,32H,2-3,6,18-19,22H2,1H3. The Bertz CT molecular complexity index is 1170. The van der Waals surface area contributed by atoms with Gasteiger partial charge in [-0.2, -0.15) is 0 Å². The number of benzene rings is 2. The molecule has 34 heavy (non-hydrogen) atoms. The minimum absolute atomic E-state index is 0.00621. The van der Waals surface area contributed by atoms with Crippen LogP contribution in [0.4, 0.5) is 0 Å². The Balaban J connectivity index is 1.49. The SMILES string of the molecule is CCCCCC(=O)C1C=C(C2=CC(c3ccccc3)C=C2c2ccccc2)CC1C1=CC=CC1. The van der Waals surface area contributed by atoms with Crippen molar-refractivity contribution in [1.29, 1.82) is 0 Å². The van der Waals surface area contributed by atoms with E-state index in [0.29, 0.717) is 18.1 Å². The van der Waals surface area contributed by atoms with Gasteiger partial charge in [0.25, 0.3) is 0 Å². The zero-order valence-corrected chi connectivity index (χ0v) is 20.1. The van der Waals surface area contributed by atoms with Gasteiger partial charge in [0, 0.05) is 18.3 Å². The van der Waals surface area contributed by atoms with Crippen molar-refractivity contribution >= 4 is 11.4 Å². The molecule has 0 saturated heterocycles. The molecule has 1 heteroatoms. The minimum atomic E-state index is 0.00621. The van der Waals surface area contributed by atoms with Gasteiger partial charge in [-0.15, -0.1) is 0 Å². The van der Waals surface area contributed by atoms with Gasteiger partial charge < -0.3 is 0 Å². The molecule has 0 spiro atoms. The minimum Gasteiger partial charge on any atom is -0.299 e. The summed E-state index contributed by atoms with van der Waals surface area (Å²) >= 11 is 0. The molecule has 0 radical (unpaired) electrons. The maximum absolute atomic E-state index is 13.4. The van der Waals surface area contributed by atoms with E-state index in [4.69, 9.17) is 0 Å². The number of carbonyl (C=O) groups is 1. The predicted molar refractivity (Wildman–Crippen MR) is 142 cm³/mol. The fourth-order valence-corrected chi connectivity index (χ4v) is 5.70. The number of hydrogen-bond acceptors (Lipinski definition) is 1. The first-order chi connectivity index (χ1) is 16.7. The number of rotatable bonds is 9. The van der Waals surface area contributed by atoms with Gasteiger partial charge in [-0.3, -0.25) is 4.79 Å². The van der Waals surface area contributed by atoms with E-state index in [9.17, 15) is 4.79 Å². The highest BCUT2D eigenvalue weighted by molar-refractivity contribution is 5.90. The first-order valence-electron chi connectivity index (χ1n) is 12.9. The first-order valence-corrected chi connectivity index (χ1v) is 12.9. The van der Waals surface area contributed by atoms with Gasteiger partial charge in [-0.05, 0) is 53.0 Å². The van der Waals surface area contributed by atoms with Crippen LogP contribution in [0.15, 0.2) is 114 Å². The quantitative estimate of drug-likeness (QED) is 0.353. The number of allylic oxidation sites excluding steroid dienone is 10. The highest BCUT2D eigenvalue weighted by atomic mass is 16.1. The molecule has 0 saturated carbocycles. The molecule has 0 N–H and O–H groups in total. The molecule has 1 nitrogen and oxygen atoms in total. The molecule has 3 atom stereocenters. The van der Waals surface area contributed by atoms with E-state index < -0.39 is 0 Å². The van der Waals surface area contributed by atoms with Crippen molar-refractivity contribution in [2.75, 3.05) is 0 Å². The smallest absolute Gasteiger partial charge is 0.140 e. The molecule has 0 heterocycles. The van der Waals surface area contributed by atoms with E-state index >= 15 is 0 Å². The molecule has 5 rings (SSSR count). The van der Waals surface area contributed by atoms with Gasteiger partial charge in [0.2, 0.25) is 0 Å². The Morgan fingerprint density at radius 1 is 0.882 bits per heavy atom. The van der Waals surface area contributed by atoms with Gasteiger partial charge in [0.1, 0.15) is 5.78 Å². The van der Waals surface area contributed by atoms with E-state index in [0.717, 1.165) is 32.1 Å². The van der Waals surface area contributed by atoms with Crippen LogP contribution in [0.1, 0.15) is 62.5 Å². The lowest BCUT2D eigenvalue weighted by molar-refractivity contribution is -0.122. The van der Waals surface area contributed by atoms with Crippen LogP contribution in [0.2, 0.25) is 0 Å². The molecule has 0 fully saturated rings. The van der Waals surface area contributed by atoms with E-state index in [2.05, 4.69) is 104 Å². The highest BCUT2D eigenvalue weighted by Gasteiger charge is 2.37. The zero-order valence-electron chi connectivity index (χ0n) is 20.1. The number of unbranched alkanes of at least 4 members (excludes halogenated alkanes) is 2. The van der Waals surface area contributed by atoms with Gasteiger partial charge >= 0.3 is 0 Å². The average molecular weight is 447 g/mol. The molecule has 0 aromatic heterocycles.